The Morgan fingerprint density at radius 1 is 1.43 bits per heavy atom. The van der Waals surface area contributed by atoms with Crippen LogP contribution in [0, 0.1) is 5.82 Å². The Bertz CT molecular complexity index is 357. The Kier molecular flexibility index (Phi) is 3.30. The lowest BCUT2D eigenvalue weighted by Gasteiger charge is -2.11. The molecule has 0 heterocycles. The van der Waals surface area contributed by atoms with Crippen LogP contribution in [0.15, 0.2) is 10.5 Å². The van der Waals surface area contributed by atoms with Crippen molar-refractivity contribution in [1.82, 2.24) is 5.06 Å². The summed E-state index contributed by atoms with van der Waals surface area (Å²) in [6.07, 6.45) is 0. The third-order valence-electron chi connectivity index (χ3n) is 1.65. The molecule has 0 aliphatic rings. The Labute approximate surface area is 88.3 Å². The monoisotopic (exact) mass is 265 g/mol. The Hall–Kier alpha value is -0.850. The van der Waals surface area contributed by atoms with E-state index in [-0.39, 0.29) is 22.3 Å². The van der Waals surface area contributed by atoms with E-state index in [1.165, 1.54) is 7.05 Å². The van der Waals surface area contributed by atoms with Crippen LogP contribution < -0.4 is 0 Å². The number of hydroxylamine groups is 2. The number of halogens is 2. The Balaban J connectivity index is 3.19. The fourth-order valence-corrected chi connectivity index (χ4v) is 1.46. The summed E-state index contributed by atoms with van der Waals surface area (Å²) in [7, 11) is 1.36. The lowest BCUT2D eigenvalue weighted by molar-refractivity contribution is -0.0736. The van der Waals surface area contributed by atoms with Gasteiger partial charge in [0.15, 0.2) is 11.6 Å². The topological polar surface area (TPSA) is 63.9 Å². The molecule has 0 fully saturated rings. The molecule has 0 bridgehead atoms. The largest absolute Gasteiger partial charge is 0.506 e. The molecule has 6 heteroatoms. The van der Waals surface area contributed by atoms with E-state index in [0.29, 0.717) is 0 Å². The molecule has 0 unspecified atom stereocenters. The Morgan fingerprint density at radius 2 is 2.00 bits per heavy atom. The maximum absolute atomic E-state index is 13.0. The van der Waals surface area contributed by atoms with E-state index >= 15 is 0 Å². The predicted octanol–water partition coefficient (Wildman–Crippen LogP) is 1.82. The number of nitrogens with zero attached hydrogens (tertiary/aromatic N) is 1. The van der Waals surface area contributed by atoms with Crippen LogP contribution in [0.1, 0.15) is 5.56 Å². The van der Waals surface area contributed by atoms with Gasteiger partial charge in [-0.05, 0) is 22.0 Å². The van der Waals surface area contributed by atoms with Gasteiger partial charge < -0.3 is 15.4 Å². The molecule has 78 valence electrons. The van der Waals surface area contributed by atoms with Gasteiger partial charge in [-0.1, -0.05) is 0 Å². The minimum Gasteiger partial charge on any atom is -0.506 e. The first-order valence-corrected chi connectivity index (χ1v) is 4.51. The standard InChI is InChI=1S/C8H9BrFNO3/c1-11(14)3-4-2-5(10)8(13)6(9)7(4)12/h2,12-14H,3H2,1H3. The first-order chi connectivity index (χ1) is 6.43. The molecule has 0 aliphatic carbocycles. The molecule has 3 N–H and O–H groups in total. The molecule has 0 atom stereocenters. The van der Waals surface area contributed by atoms with E-state index in [1.54, 1.807) is 0 Å². The highest BCUT2D eigenvalue weighted by atomic mass is 79.9. The zero-order chi connectivity index (χ0) is 10.9. The van der Waals surface area contributed by atoms with Crippen LogP contribution in [0.25, 0.3) is 0 Å². The van der Waals surface area contributed by atoms with Crippen molar-refractivity contribution in [2.24, 2.45) is 0 Å². The molecular weight excluding hydrogens is 257 g/mol. The van der Waals surface area contributed by atoms with Crippen LogP contribution in [0.3, 0.4) is 0 Å². The number of rotatable bonds is 2. The van der Waals surface area contributed by atoms with Crippen LogP contribution in [0.2, 0.25) is 0 Å². The highest BCUT2D eigenvalue weighted by molar-refractivity contribution is 9.10. The smallest absolute Gasteiger partial charge is 0.169 e. The maximum Gasteiger partial charge on any atom is 0.169 e. The number of phenolic OH excluding ortho intramolecular Hbond substituents is 2. The highest BCUT2D eigenvalue weighted by Crippen LogP contribution is 2.38. The lowest BCUT2D eigenvalue weighted by atomic mass is 10.2. The van der Waals surface area contributed by atoms with Gasteiger partial charge >= 0.3 is 0 Å². The first-order valence-electron chi connectivity index (χ1n) is 3.72. The van der Waals surface area contributed by atoms with Crippen LogP contribution in [-0.4, -0.2) is 27.5 Å². The summed E-state index contributed by atoms with van der Waals surface area (Å²) in [6.45, 7) is -0.0400. The number of hydrogen-bond acceptors (Lipinski definition) is 4. The second-order valence-electron chi connectivity index (χ2n) is 2.84. The molecule has 0 aliphatic heterocycles. The second-order valence-corrected chi connectivity index (χ2v) is 3.64. The fraction of sp³-hybridized carbons (Fsp3) is 0.250. The van der Waals surface area contributed by atoms with Gasteiger partial charge in [0.25, 0.3) is 0 Å². The van der Waals surface area contributed by atoms with Gasteiger partial charge in [-0.15, -0.1) is 0 Å². The van der Waals surface area contributed by atoms with E-state index in [0.717, 1.165) is 11.1 Å². The summed E-state index contributed by atoms with van der Waals surface area (Å²) in [4.78, 5) is 0. The number of phenols is 2. The second kappa shape index (κ2) is 4.12. The average molecular weight is 266 g/mol. The lowest BCUT2D eigenvalue weighted by Crippen LogP contribution is -2.12. The quantitative estimate of drug-likeness (QED) is 0.714. The minimum absolute atomic E-state index is 0.0400. The van der Waals surface area contributed by atoms with Gasteiger partial charge in [0.1, 0.15) is 10.2 Å². The van der Waals surface area contributed by atoms with Crippen molar-refractivity contribution in [3.05, 3.63) is 21.9 Å². The third kappa shape index (κ3) is 2.14. The van der Waals surface area contributed by atoms with Gasteiger partial charge in [-0.2, -0.15) is 5.06 Å². The zero-order valence-electron chi connectivity index (χ0n) is 7.33. The van der Waals surface area contributed by atoms with Crippen LogP contribution >= 0.6 is 15.9 Å². The Morgan fingerprint density at radius 3 is 2.50 bits per heavy atom. The van der Waals surface area contributed by atoms with Crippen molar-refractivity contribution in [3.63, 3.8) is 0 Å². The van der Waals surface area contributed by atoms with Crippen molar-refractivity contribution < 1.29 is 19.8 Å². The van der Waals surface area contributed by atoms with Crippen LogP contribution in [0.4, 0.5) is 4.39 Å². The molecule has 0 radical (unpaired) electrons. The molecule has 0 aromatic heterocycles. The minimum atomic E-state index is -0.855. The van der Waals surface area contributed by atoms with E-state index < -0.39 is 11.6 Å². The molecule has 1 aromatic carbocycles. The van der Waals surface area contributed by atoms with Crippen molar-refractivity contribution in [2.75, 3.05) is 7.05 Å². The predicted molar refractivity (Wildman–Crippen MR) is 50.7 cm³/mol. The van der Waals surface area contributed by atoms with E-state index in [9.17, 15) is 9.50 Å². The summed E-state index contributed by atoms with van der Waals surface area (Å²) in [5, 5.41) is 28.2. The van der Waals surface area contributed by atoms with Crippen molar-refractivity contribution >= 4 is 15.9 Å². The van der Waals surface area contributed by atoms with Gasteiger partial charge in [-0.25, -0.2) is 4.39 Å². The van der Waals surface area contributed by atoms with Crippen molar-refractivity contribution in [2.45, 2.75) is 6.54 Å². The van der Waals surface area contributed by atoms with Gasteiger partial charge in [0.2, 0.25) is 0 Å². The van der Waals surface area contributed by atoms with Crippen LogP contribution in [0.5, 0.6) is 11.5 Å². The molecule has 0 saturated heterocycles. The fourth-order valence-electron chi connectivity index (χ4n) is 1.01. The number of hydrogen-bond donors (Lipinski definition) is 3. The van der Waals surface area contributed by atoms with Crippen molar-refractivity contribution in [1.29, 1.82) is 0 Å². The molecule has 1 aromatic rings. The zero-order valence-corrected chi connectivity index (χ0v) is 8.92. The summed E-state index contributed by atoms with van der Waals surface area (Å²) < 4.78 is 12.9. The average Bonchev–Trinajstić information content (AvgIpc) is 2.10. The van der Waals surface area contributed by atoms with E-state index in [2.05, 4.69) is 15.9 Å². The maximum atomic E-state index is 13.0. The van der Waals surface area contributed by atoms with Gasteiger partial charge in [0, 0.05) is 12.6 Å². The summed E-state index contributed by atoms with van der Waals surface area (Å²) in [5.41, 5.74) is 0.178. The molecule has 4 nitrogen and oxygen atoms in total. The SMILES string of the molecule is CN(O)Cc1cc(F)c(O)c(Br)c1O. The van der Waals surface area contributed by atoms with Crippen LogP contribution in [-0.2, 0) is 6.54 Å². The molecule has 14 heavy (non-hydrogen) atoms. The summed E-state index contributed by atoms with van der Waals surface area (Å²) >= 11 is 2.83. The summed E-state index contributed by atoms with van der Waals surface area (Å²) in [5.74, 6) is -1.79. The first kappa shape index (κ1) is 11.2. The van der Waals surface area contributed by atoms with Gasteiger partial charge in [-0.3, -0.25) is 0 Å². The van der Waals surface area contributed by atoms with E-state index in [1.807, 2.05) is 0 Å². The summed E-state index contributed by atoms with van der Waals surface area (Å²) in [6, 6.07) is 0.960. The molecule has 0 spiro atoms. The third-order valence-corrected chi connectivity index (χ3v) is 2.40. The molecule has 0 saturated carbocycles. The normalized spacial score (nSPS) is 10.9. The number of aromatic hydroxyl groups is 2. The molecule has 0 amide bonds. The molecule has 1 rings (SSSR count). The van der Waals surface area contributed by atoms with E-state index in [4.69, 9.17) is 10.3 Å². The van der Waals surface area contributed by atoms with Gasteiger partial charge in [0.05, 0.1) is 6.54 Å². The van der Waals surface area contributed by atoms with Crippen molar-refractivity contribution in [3.8, 4) is 11.5 Å². The molecular formula is C8H9BrFNO3. The number of benzene rings is 1. The highest BCUT2D eigenvalue weighted by Gasteiger charge is 2.15.